The van der Waals surface area contributed by atoms with Crippen molar-refractivity contribution in [2.45, 2.75) is 12.8 Å². The van der Waals surface area contributed by atoms with Crippen LogP contribution in [0.25, 0.3) is 10.8 Å². The first kappa shape index (κ1) is 13.6. The summed E-state index contributed by atoms with van der Waals surface area (Å²) in [6.07, 6.45) is 2.51. The summed E-state index contributed by atoms with van der Waals surface area (Å²) in [6, 6.07) is 14.5. The van der Waals surface area contributed by atoms with Crippen molar-refractivity contribution < 1.29 is 4.79 Å². The second kappa shape index (κ2) is 5.07. The highest BCUT2D eigenvalue weighted by molar-refractivity contribution is 5.96. The number of hydrogen-bond acceptors (Lipinski definition) is 2. The van der Waals surface area contributed by atoms with Gasteiger partial charge in [-0.3, -0.25) is 4.79 Å². The second-order valence-corrected chi connectivity index (χ2v) is 7.65. The first-order valence-corrected chi connectivity index (χ1v) is 8.78. The molecule has 1 aliphatic carbocycles. The molecule has 1 saturated carbocycles. The van der Waals surface area contributed by atoms with Crippen LogP contribution < -0.4 is 5.32 Å². The third-order valence-corrected chi connectivity index (χ3v) is 6.11. The number of nitrogens with zero attached hydrogens (tertiary/aromatic N) is 1. The van der Waals surface area contributed by atoms with Gasteiger partial charge in [-0.05, 0) is 53.5 Å². The van der Waals surface area contributed by atoms with E-state index >= 15 is 0 Å². The summed E-state index contributed by atoms with van der Waals surface area (Å²) in [4.78, 5) is 15.5. The van der Waals surface area contributed by atoms with Crippen molar-refractivity contribution >= 4 is 22.4 Å². The standard InChI is InChI=1S/C20H22N2O/c23-20(19-16-7-13-8-17(19)12-22(10-13)11-16)21-18-6-5-14-3-1-2-4-15(14)9-18/h1-6,9,13,16-17,19H,7-8,10-12H2,(H,21,23)/t13?,16-,17-,19?/m0/s1. The Morgan fingerprint density at radius 2 is 1.70 bits per heavy atom. The van der Waals surface area contributed by atoms with Crippen molar-refractivity contribution in [2.24, 2.45) is 23.7 Å². The van der Waals surface area contributed by atoms with Gasteiger partial charge >= 0.3 is 0 Å². The monoisotopic (exact) mass is 306 g/mol. The number of hydrogen-bond donors (Lipinski definition) is 1. The van der Waals surface area contributed by atoms with Crippen LogP contribution >= 0.6 is 0 Å². The van der Waals surface area contributed by atoms with Crippen molar-refractivity contribution in [3.8, 4) is 0 Å². The molecule has 0 spiro atoms. The maximum absolute atomic E-state index is 12.9. The Morgan fingerprint density at radius 1 is 0.957 bits per heavy atom. The molecule has 0 aromatic heterocycles. The van der Waals surface area contributed by atoms with Crippen molar-refractivity contribution in [3.05, 3.63) is 42.5 Å². The predicted molar refractivity (Wildman–Crippen MR) is 92.2 cm³/mol. The normalized spacial score (nSPS) is 34.7. The van der Waals surface area contributed by atoms with Gasteiger partial charge in [-0.1, -0.05) is 30.3 Å². The van der Waals surface area contributed by atoms with Gasteiger partial charge in [0.1, 0.15) is 0 Å². The summed E-state index contributed by atoms with van der Waals surface area (Å²) in [5, 5.41) is 5.60. The Bertz CT molecular complexity index is 741. The molecule has 3 nitrogen and oxygen atoms in total. The van der Waals surface area contributed by atoms with Gasteiger partial charge < -0.3 is 10.2 Å². The van der Waals surface area contributed by atoms with Crippen LogP contribution in [0.3, 0.4) is 0 Å². The molecule has 4 aliphatic rings. The van der Waals surface area contributed by atoms with E-state index in [1.807, 2.05) is 18.2 Å². The van der Waals surface area contributed by atoms with Crippen LogP contribution in [-0.2, 0) is 4.79 Å². The van der Waals surface area contributed by atoms with Crippen LogP contribution in [0.4, 0.5) is 5.69 Å². The van der Waals surface area contributed by atoms with Crippen molar-refractivity contribution in [1.29, 1.82) is 0 Å². The van der Waals surface area contributed by atoms with Crippen LogP contribution in [0.15, 0.2) is 42.5 Å². The fourth-order valence-electron chi connectivity index (χ4n) is 5.33. The quantitative estimate of drug-likeness (QED) is 0.922. The molecule has 23 heavy (non-hydrogen) atoms. The lowest BCUT2D eigenvalue weighted by atomic mass is 9.61. The number of fused-ring (bicyclic) bond motifs is 1. The summed E-state index contributed by atoms with van der Waals surface area (Å²) in [5.41, 5.74) is 0.933. The van der Waals surface area contributed by atoms with Crippen LogP contribution in [0, 0.1) is 23.7 Å². The molecule has 0 radical (unpaired) electrons. The lowest BCUT2D eigenvalue weighted by molar-refractivity contribution is -0.135. The van der Waals surface area contributed by atoms with E-state index in [1.54, 1.807) is 0 Å². The summed E-state index contributed by atoms with van der Waals surface area (Å²) in [6.45, 7) is 3.53. The smallest absolute Gasteiger partial charge is 0.228 e. The molecule has 2 aromatic carbocycles. The number of amides is 1. The highest BCUT2D eigenvalue weighted by Crippen LogP contribution is 2.47. The maximum atomic E-state index is 12.9. The zero-order valence-corrected chi connectivity index (χ0v) is 13.2. The molecular formula is C20H22N2O. The van der Waals surface area contributed by atoms with Gasteiger partial charge in [0.2, 0.25) is 5.91 Å². The fraction of sp³-hybridized carbons (Fsp3) is 0.450. The highest BCUT2D eigenvalue weighted by atomic mass is 16.1. The Balaban J connectivity index is 1.38. The number of anilines is 1. The van der Waals surface area contributed by atoms with E-state index in [-0.39, 0.29) is 11.8 Å². The van der Waals surface area contributed by atoms with Crippen LogP contribution in [-0.4, -0.2) is 30.4 Å². The number of piperidine rings is 3. The van der Waals surface area contributed by atoms with E-state index in [9.17, 15) is 4.79 Å². The topological polar surface area (TPSA) is 32.3 Å². The second-order valence-electron chi connectivity index (χ2n) is 7.65. The summed E-state index contributed by atoms with van der Waals surface area (Å²) in [5.74, 6) is 2.45. The van der Waals surface area contributed by atoms with Gasteiger partial charge in [0, 0.05) is 31.2 Å². The number of benzene rings is 2. The van der Waals surface area contributed by atoms with Gasteiger partial charge in [0.25, 0.3) is 0 Å². The molecule has 4 bridgehead atoms. The van der Waals surface area contributed by atoms with E-state index in [0.29, 0.717) is 11.8 Å². The van der Waals surface area contributed by atoms with Gasteiger partial charge in [-0.2, -0.15) is 0 Å². The Labute approximate surface area is 136 Å². The largest absolute Gasteiger partial charge is 0.326 e. The third-order valence-electron chi connectivity index (χ3n) is 6.11. The molecule has 1 amide bonds. The number of nitrogens with one attached hydrogen (secondary N) is 1. The summed E-state index contributed by atoms with van der Waals surface area (Å²) in [7, 11) is 0. The van der Waals surface area contributed by atoms with Crippen molar-refractivity contribution in [3.63, 3.8) is 0 Å². The van der Waals surface area contributed by atoms with E-state index in [1.165, 1.54) is 30.2 Å². The Hall–Kier alpha value is -1.87. The average molecular weight is 306 g/mol. The lowest BCUT2D eigenvalue weighted by Crippen LogP contribution is -2.60. The van der Waals surface area contributed by atoms with Gasteiger partial charge in [0.05, 0.1) is 0 Å². The molecular weight excluding hydrogens is 284 g/mol. The van der Waals surface area contributed by atoms with Gasteiger partial charge in [0.15, 0.2) is 0 Å². The van der Waals surface area contributed by atoms with Crippen molar-refractivity contribution in [1.82, 2.24) is 4.90 Å². The molecule has 3 heteroatoms. The predicted octanol–water partition coefficient (Wildman–Crippen LogP) is 3.37. The third kappa shape index (κ3) is 2.26. The number of carbonyl (C=O) groups excluding carboxylic acids is 1. The number of rotatable bonds is 2. The van der Waals surface area contributed by atoms with Gasteiger partial charge in [-0.25, -0.2) is 0 Å². The first-order chi connectivity index (χ1) is 11.3. The fourth-order valence-corrected chi connectivity index (χ4v) is 5.33. The maximum Gasteiger partial charge on any atom is 0.228 e. The van der Waals surface area contributed by atoms with E-state index in [2.05, 4.69) is 34.5 Å². The molecule has 0 unspecified atom stereocenters. The zero-order chi connectivity index (χ0) is 15.4. The zero-order valence-electron chi connectivity index (χ0n) is 13.2. The minimum atomic E-state index is 0.217. The summed E-state index contributed by atoms with van der Waals surface area (Å²) >= 11 is 0. The molecule has 3 aliphatic heterocycles. The first-order valence-electron chi connectivity index (χ1n) is 8.78. The lowest BCUT2D eigenvalue weighted by Gasteiger charge is -2.55. The molecule has 2 atom stereocenters. The summed E-state index contributed by atoms with van der Waals surface area (Å²) < 4.78 is 0. The van der Waals surface area contributed by atoms with Crippen LogP contribution in [0.2, 0.25) is 0 Å². The van der Waals surface area contributed by atoms with E-state index in [0.717, 1.165) is 24.7 Å². The molecule has 3 saturated heterocycles. The van der Waals surface area contributed by atoms with E-state index < -0.39 is 0 Å². The molecule has 6 rings (SSSR count). The SMILES string of the molecule is O=C(Nc1ccc2ccccc2c1)C1[C@H]2CC3C[C@H]1CN(C3)C2. The minimum Gasteiger partial charge on any atom is -0.326 e. The van der Waals surface area contributed by atoms with Crippen LogP contribution in [0.1, 0.15) is 12.8 Å². The number of carbonyl (C=O) groups is 1. The molecule has 3 heterocycles. The Morgan fingerprint density at radius 3 is 2.43 bits per heavy atom. The molecule has 4 fully saturated rings. The molecule has 1 N–H and O–H groups in total. The highest BCUT2D eigenvalue weighted by Gasteiger charge is 2.50. The van der Waals surface area contributed by atoms with Crippen molar-refractivity contribution in [2.75, 3.05) is 25.0 Å². The molecule has 118 valence electrons. The average Bonchev–Trinajstić information content (AvgIpc) is 2.53. The minimum absolute atomic E-state index is 0.217. The Kier molecular flexibility index (Phi) is 2.99. The van der Waals surface area contributed by atoms with E-state index in [4.69, 9.17) is 0 Å². The van der Waals surface area contributed by atoms with Gasteiger partial charge in [-0.15, -0.1) is 0 Å². The molecule has 2 aromatic rings. The van der Waals surface area contributed by atoms with Crippen LogP contribution in [0.5, 0.6) is 0 Å².